The van der Waals surface area contributed by atoms with Gasteiger partial charge in [-0.1, -0.05) is 18.7 Å². The zero-order chi connectivity index (χ0) is 21.4. The lowest BCUT2D eigenvalue weighted by molar-refractivity contribution is -0.274. The number of aromatic nitrogens is 2. The van der Waals surface area contributed by atoms with Crippen LogP contribution < -0.4 is 4.74 Å². The van der Waals surface area contributed by atoms with Crippen molar-refractivity contribution in [3.05, 3.63) is 42.7 Å². The maximum absolute atomic E-state index is 12.7. The molecule has 0 unspecified atom stereocenters. The van der Waals surface area contributed by atoms with E-state index in [1.165, 1.54) is 24.4 Å². The quantitative estimate of drug-likeness (QED) is 0.722. The predicted molar refractivity (Wildman–Crippen MR) is 101 cm³/mol. The SMILES string of the molecule is C=Cc1ccc(OC(F)(F)F)c(-c2cnn(C3CN(C(=O)OC(C)(C)C)C3)c2)c1. The monoisotopic (exact) mass is 409 g/mol. The first-order valence-electron chi connectivity index (χ1n) is 9.00. The number of halogens is 3. The van der Waals surface area contributed by atoms with E-state index in [4.69, 9.17) is 4.74 Å². The summed E-state index contributed by atoms with van der Waals surface area (Å²) in [5.41, 5.74) is 0.812. The second kappa shape index (κ2) is 7.46. The number of ether oxygens (including phenoxy) is 2. The molecule has 0 atom stereocenters. The Morgan fingerprint density at radius 2 is 1.97 bits per heavy atom. The molecule has 156 valence electrons. The van der Waals surface area contributed by atoms with E-state index in [0.717, 1.165) is 0 Å². The molecule has 29 heavy (non-hydrogen) atoms. The topological polar surface area (TPSA) is 56.6 Å². The van der Waals surface area contributed by atoms with Crippen molar-refractivity contribution in [3.8, 4) is 16.9 Å². The molecule has 0 radical (unpaired) electrons. The number of alkyl halides is 3. The van der Waals surface area contributed by atoms with Gasteiger partial charge in [0.15, 0.2) is 0 Å². The van der Waals surface area contributed by atoms with E-state index in [0.29, 0.717) is 24.2 Å². The van der Waals surface area contributed by atoms with Crippen LogP contribution in [-0.2, 0) is 4.74 Å². The van der Waals surface area contributed by atoms with E-state index >= 15 is 0 Å². The van der Waals surface area contributed by atoms with Gasteiger partial charge in [0.25, 0.3) is 0 Å². The molecule has 1 aromatic carbocycles. The summed E-state index contributed by atoms with van der Waals surface area (Å²) in [5, 5.41) is 4.25. The predicted octanol–water partition coefficient (Wildman–Crippen LogP) is 4.88. The van der Waals surface area contributed by atoms with Crippen LogP contribution >= 0.6 is 0 Å². The van der Waals surface area contributed by atoms with Gasteiger partial charge in [0.05, 0.1) is 12.2 Å². The lowest BCUT2D eigenvalue weighted by Gasteiger charge is -2.39. The second-order valence-electron chi connectivity index (χ2n) is 7.76. The Hall–Kier alpha value is -2.97. The highest BCUT2D eigenvalue weighted by molar-refractivity contribution is 5.73. The average molecular weight is 409 g/mol. The molecule has 6 nitrogen and oxygen atoms in total. The van der Waals surface area contributed by atoms with Crippen molar-refractivity contribution in [2.45, 2.75) is 38.8 Å². The summed E-state index contributed by atoms with van der Waals surface area (Å²) in [4.78, 5) is 13.6. The Balaban J connectivity index is 1.76. The third-order valence-electron chi connectivity index (χ3n) is 4.27. The number of rotatable bonds is 4. The van der Waals surface area contributed by atoms with Gasteiger partial charge in [-0.25, -0.2) is 4.79 Å². The van der Waals surface area contributed by atoms with Crippen LogP contribution in [0.4, 0.5) is 18.0 Å². The van der Waals surface area contributed by atoms with Crippen LogP contribution in [0.2, 0.25) is 0 Å². The first-order chi connectivity index (χ1) is 13.4. The van der Waals surface area contributed by atoms with Crippen molar-refractivity contribution in [1.82, 2.24) is 14.7 Å². The Morgan fingerprint density at radius 1 is 1.28 bits per heavy atom. The summed E-state index contributed by atoms with van der Waals surface area (Å²) in [6.45, 7) is 9.84. The fourth-order valence-corrected chi connectivity index (χ4v) is 2.89. The summed E-state index contributed by atoms with van der Waals surface area (Å²) < 4.78 is 49.3. The average Bonchev–Trinajstić information content (AvgIpc) is 3.00. The van der Waals surface area contributed by atoms with Crippen molar-refractivity contribution < 1.29 is 27.4 Å². The van der Waals surface area contributed by atoms with E-state index in [1.54, 1.807) is 42.6 Å². The third kappa shape index (κ3) is 5.10. The van der Waals surface area contributed by atoms with Crippen molar-refractivity contribution >= 4 is 12.2 Å². The van der Waals surface area contributed by atoms with E-state index in [9.17, 15) is 18.0 Å². The highest BCUT2D eigenvalue weighted by Crippen LogP contribution is 2.35. The minimum Gasteiger partial charge on any atom is -0.444 e. The Kier molecular flexibility index (Phi) is 5.34. The van der Waals surface area contributed by atoms with E-state index in [1.807, 2.05) is 0 Å². The van der Waals surface area contributed by atoms with Gasteiger partial charge in [0.1, 0.15) is 11.4 Å². The van der Waals surface area contributed by atoms with Gasteiger partial charge in [0, 0.05) is 30.4 Å². The minimum absolute atomic E-state index is 0.0779. The minimum atomic E-state index is -4.80. The number of carbonyl (C=O) groups excluding carboxylic acids is 1. The van der Waals surface area contributed by atoms with Crippen molar-refractivity contribution in [1.29, 1.82) is 0 Å². The van der Waals surface area contributed by atoms with Gasteiger partial charge in [-0.2, -0.15) is 5.10 Å². The largest absolute Gasteiger partial charge is 0.573 e. The molecule has 3 rings (SSSR count). The molecular weight excluding hydrogens is 387 g/mol. The fourth-order valence-electron chi connectivity index (χ4n) is 2.89. The van der Waals surface area contributed by atoms with Crippen molar-refractivity contribution in [2.75, 3.05) is 13.1 Å². The van der Waals surface area contributed by atoms with E-state index in [-0.39, 0.29) is 17.4 Å². The molecule has 0 aliphatic carbocycles. The van der Waals surface area contributed by atoms with Crippen LogP contribution in [0.15, 0.2) is 37.2 Å². The summed E-state index contributed by atoms with van der Waals surface area (Å²) in [5.74, 6) is -0.313. The molecular formula is C20H22F3N3O3. The van der Waals surface area contributed by atoms with Crippen LogP contribution in [0.1, 0.15) is 32.4 Å². The zero-order valence-corrected chi connectivity index (χ0v) is 16.4. The summed E-state index contributed by atoms with van der Waals surface area (Å²) in [6, 6.07) is 4.23. The molecule has 1 aliphatic rings. The zero-order valence-electron chi connectivity index (χ0n) is 16.4. The van der Waals surface area contributed by atoms with Crippen LogP contribution in [0, 0.1) is 0 Å². The number of carbonyl (C=O) groups is 1. The molecule has 0 spiro atoms. The van der Waals surface area contributed by atoms with Gasteiger partial charge in [-0.3, -0.25) is 4.68 Å². The number of amides is 1. The highest BCUT2D eigenvalue weighted by atomic mass is 19.4. The van der Waals surface area contributed by atoms with E-state index < -0.39 is 18.1 Å². The number of hydrogen-bond acceptors (Lipinski definition) is 4. The number of hydrogen-bond donors (Lipinski definition) is 0. The fraction of sp³-hybridized carbons (Fsp3) is 0.400. The number of likely N-dealkylation sites (tertiary alicyclic amines) is 1. The molecule has 1 amide bonds. The normalized spacial score (nSPS) is 15.0. The highest BCUT2D eigenvalue weighted by Gasteiger charge is 2.36. The number of benzene rings is 1. The van der Waals surface area contributed by atoms with Gasteiger partial charge >= 0.3 is 12.5 Å². The lowest BCUT2D eigenvalue weighted by atomic mass is 10.0. The molecule has 0 N–H and O–H groups in total. The molecule has 1 aromatic heterocycles. The molecule has 2 aromatic rings. The Bertz CT molecular complexity index is 910. The first-order valence-corrected chi connectivity index (χ1v) is 9.00. The summed E-state index contributed by atoms with van der Waals surface area (Å²) >= 11 is 0. The van der Waals surface area contributed by atoms with Gasteiger partial charge in [0.2, 0.25) is 0 Å². The van der Waals surface area contributed by atoms with Gasteiger partial charge in [-0.15, -0.1) is 13.2 Å². The molecule has 1 aliphatic heterocycles. The Morgan fingerprint density at radius 3 is 2.55 bits per heavy atom. The maximum Gasteiger partial charge on any atom is 0.573 e. The van der Waals surface area contributed by atoms with Crippen molar-refractivity contribution in [2.24, 2.45) is 0 Å². The summed E-state index contributed by atoms with van der Waals surface area (Å²) in [6.07, 6.45) is -0.553. The first kappa shape index (κ1) is 20.8. The van der Waals surface area contributed by atoms with Crippen molar-refractivity contribution in [3.63, 3.8) is 0 Å². The molecule has 0 bridgehead atoms. The molecule has 1 fully saturated rings. The van der Waals surface area contributed by atoms with Crippen LogP contribution in [0.5, 0.6) is 5.75 Å². The maximum atomic E-state index is 12.7. The Labute approximate surface area is 166 Å². The lowest BCUT2D eigenvalue weighted by Crippen LogP contribution is -2.52. The third-order valence-corrected chi connectivity index (χ3v) is 4.27. The van der Waals surface area contributed by atoms with Crippen LogP contribution in [-0.4, -0.2) is 45.8 Å². The molecule has 0 saturated carbocycles. The smallest absolute Gasteiger partial charge is 0.444 e. The van der Waals surface area contributed by atoms with Gasteiger partial charge in [-0.05, 0) is 38.5 Å². The van der Waals surface area contributed by atoms with Crippen LogP contribution in [0.25, 0.3) is 17.2 Å². The number of nitrogens with zero attached hydrogens (tertiary/aromatic N) is 3. The molecule has 2 heterocycles. The van der Waals surface area contributed by atoms with E-state index in [2.05, 4.69) is 16.4 Å². The van der Waals surface area contributed by atoms with Gasteiger partial charge < -0.3 is 14.4 Å². The standard InChI is InChI=1S/C20H22F3N3O3/c1-5-13-6-7-17(28-20(21,22)23)16(8-13)14-9-24-26(10-14)15-11-25(12-15)18(27)29-19(2,3)4/h5-10,15H,1,11-12H2,2-4H3. The van der Waals surface area contributed by atoms with Crippen LogP contribution in [0.3, 0.4) is 0 Å². The summed E-state index contributed by atoms with van der Waals surface area (Å²) in [7, 11) is 0. The second-order valence-corrected chi connectivity index (χ2v) is 7.76. The molecule has 9 heteroatoms. The molecule has 1 saturated heterocycles.